The lowest BCUT2D eigenvalue weighted by molar-refractivity contribution is 0.0938. The molecule has 0 unspecified atom stereocenters. The second kappa shape index (κ2) is 8.62. The summed E-state index contributed by atoms with van der Waals surface area (Å²) in [6.45, 7) is 3.35. The minimum Gasteiger partial charge on any atom is -0.460 e. The third kappa shape index (κ3) is 4.25. The van der Waals surface area contributed by atoms with Gasteiger partial charge in [0.1, 0.15) is 6.61 Å². The maximum Gasteiger partial charge on any atom is 0.336 e. The maximum atomic E-state index is 13.1. The van der Waals surface area contributed by atoms with Crippen molar-refractivity contribution in [2.24, 2.45) is 0 Å². The number of hydrogen-bond donors (Lipinski definition) is 0. The van der Waals surface area contributed by atoms with Gasteiger partial charge in [-0.05, 0) is 49.4 Å². The molecule has 0 aliphatic carbocycles. The standard InChI is InChI=1S/C20H18BrN3O5/c1-2-26-9-10-27-20-22-18(14-5-8-16-17(11-14)29-12-28-16)24(23-20)19(25)13-3-6-15(21)7-4-13/h3-8,11H,2,9-10,12H2,1H3. The molecule has 2 aromatic carbocycles. The van der Waals surface area contributed by atoms with E-state index in [4.69, 9.17) is 18.9 Å². The van der Waals surface area contributed by atoms with Crippen molar-refractivity contribution >= 4 is 21.8 Å². The molecule has 1 aliphatic heterocycles. The van der Waals surface area contributed by atoms with E-state index in [0.717, 1.165) is 4.47 Å². The molecule has 0 saturated heterocycles. The van der Waals surface area contributed by atoms with Crippen LogP contribution in [0.4, 0.5) is 0 Å². The van der Waals surface area contributed by atoms with Crippen molar-refractivity contribution in [3.63, 3.8) is 0 Å². The Bertz CT molecular complexity index is 1020. The Hall–Kier alpha value is -2.91. The first kappa shape index (κ1) is 19.4. The molecule has 8 nitrogen and oxygen atoms in total. The summed E-state index contributed by atoms with van der Waals surface area (Å²) in [5.41, 5.74) is 1.13. The van der Waals surface area contributed by atoms with Crippen LogP contribution in [0.3, 0.4) is 0 Å². The molecule has 0 spiro atoms. The molecule has 0 N–H and O–H groups in total. The summed E-state index contributed by atoms with van der Waals surface area (Å²) < 4.78 is 23.7. The monoisotopic (exact) mass is 459 g/mol. The van der Waals surface area contributed by atoms with E-state index < -0.39 is 0 Å². The highest BCUT2D eigenvalue weighted by molar-refractivity contribution is 9.10. The Morgan fingerprint density at radius 3 is 2.72 bits per heavy atom. The molecule has 0 radical (unpaired) electrons. The number of nitrogens with zero attached hydrogens (tertiary/aromatic N) is 3. The summed E-state index contributed by atoms with van der Waals surface area (Å²) in [6.07, 6.45) is 0. The number of carbonyl (C=O) groups excluding carboxylic acids is 1. The molecule has 0 bridgehead atoms. The predicted molar refractivity (Wildman–Crippen MR) is 107 cm³/mol. The van der Waals surface area contributed by atoms with Gasteiger partial charge in [-0.25, -0.2) is 0 Å². The molecule has 4 rings (SSSR count). The third-order valence-corrected chi connectivity index (χ3v) is 4.69. The van der Waals surface area contributed by atoms with Crippen LogP contribution in [0.2, 0.25) is 0 Å². The van der Waals surface area contributed by atoms with Crippen LogP contribution in [0.5, 0.6) is 17.5 Å². The number of benzene rings is 2. The molecule has 0 saturated carbocycles. The second-order valence-corrected chi connectivity index (χ2v) is 6.97. The van der Waals surface area contributed by atoms with Gasteiger partial charge in [-0.15, -0.1) is 5.10 Å². The van der Waals surface area contributed by atoms with Gasteiger partial charge in [0.25, 0.3) is 5.91 Å². The Morgan fingerprint density at radius 1 is 1.14 bits per heavy atom. The number of fused-ring (bicyclic) bond motifs is 1. The van der Waals surface area contributed by atoms with Crippen molar-refractivity contribution in [2.75, 3.05) is 26.6 Å². The van der Waals surface area contributed by atoms with E-state index in [9.17, 15) is 4.79 Å². The van der Waals surface area contributed by atoms with Gasteiger partial charge in [0.15, 0.2) is 17.3 Å². The molecule has 3 aromatic rings. The number of rotatable bonds is 7. The highest BCUT2D eigenvalue weighted by Crippen LogP contribution is 2.36. The Labute approximate surface area is 175 Å². The second-order valence-electron chi connectivity index (χ2n) is 6.06. The molecule has 1 aliphatic rings. The smallest absolute Gasteiger partial charge is 0.336 e. The van der Waals surface area contributed by atoms with Crippen LogP contribution in [0, 0.1) is 0 Å². The van der Waals surface area contributed by atoms with E-state index in [1.165, 1.54) is 4.68 Å². The van der Waals surface area contributed by atoms with Crippen LogP contribution in [0.1, 0.15) is 17.3 Å². The van der Waals surface area contributed by atoms with Gasteiger partial charge < -0.3 is 18.9 Å². The molecular weight excluding hydrogens is 442 g/mol. The highest BCUT2D eigenvalue weighted by atomic mass is 79.9. The Balaban J connectivity index is 1.68. The normalized spacial score (nSPS) is 12.2. The molecule has 29 heavy (non-hydrogen) atoms. The first-order valence-corrected chi connectivity index (χ1v) is 9.83. The van der Waals surface area contributed by atoms with Crippen molar-refractivity contribution in [3.05, 3.63) is 52.5 Å². The summed E-state index contributed by atoms with van der Waals surface area (Å²) in [7, 11) is 0. The minimum absolute atomic E-state index is 0.0998. The summed E-state index contributed by atoms with van der Waals surface area (Å²) in [5, 5.41) is 4.27. The fourth-order valence-corrected chi connectivity index (χ4v) is 3.03. The SMILES string of the molecule is CCOCCOc1nc(-c2ccc3c(c2)OCO3)n(C(=O)c2ccc(Br)cc2)n1. The predicted octanol–water partition coefficient (Wildman–Crippen LogP) is 3.54. The number of aromatic nitrogens is 3. The first-order chi connectivity index (χ1) is 14.2. The quantitative estimate of drug-likeness (QED) is 0.499. The van der Waals surface area contributed by atoms with Crippen molar-refractivity contribution in [2.45, 2.75) is 6.92 Å². The van der Waals surface area contributed by atoms with Gasteiger partial charge in [-0.3, -0.25) is 4.79 Å². The highest BCUT2D eigenvalue weighted by Gasteiger charge is 2.22. The number of ether oxygens (including phenoxy) is 4. The average molecular weight is 460 g/mol. The van der Waals surface area contributed by atoms with Crippen molar-refractivity contribution < 1.29 is 23.7 Å². The summed E-state index contributed by atoms with van der Waals surface area (Å²) in [4.78, 5) is 17.5. The number of carbonyl (C=O) groups is 1. The molecule has 1 aromatic heterocycles. The van der Waals surface area contributed by atoms with Crippen LogP contribution in [-0.4, -0.2) is 47.3 Å². The van der Waals surface area contributed by atoms with Crippen molar-refractivity contribution in [1.82, 2.24) is 14.8 Å². The van der Waals surface area contributed by atoms with Crippen LogP contribution in [0.15, 0.2) is 46.9 Å². The fourth-order valence-electron chi connectivity index (χ4n) is 2.77. The molecule has 0 amide bonds. The fraction of sp³-hybridized carbons (Fsp3) is 0.250. The summed E-state index contributed by atoms with van der Waals surface area (Å²) in [6, 6.07) is 12.5. The van der Waals surface area contributed by atoms with Crippen molar-refractivity contribution in [1.29, 1.82) is 0 Å². The lowest BCUT2D eigenvalue weighted by atomic mass is 10.1. The largest absolute Gasteiger partial charge is 0.460 e. The lowest BCUT2D eigenvalue weighted by Crippen LogP contribution is -2.15. The van der Waals surface area contributed by atoms with Gasteiger partial charge in [0, 0.05) is 22.2 Å². The van der Waals surface area contributed by atoms with E-state index in [1.54, 1.807) is 42.5 Å². The summed E-state index contributed by atoms with van der Waals surface area (Å²) >= 11 is 3.37. The van der Waals surface area contributed by atoms with Gasteiger partial charge in [0.05, 0.1) is 6.61 Å². The Morgan fingerprint density at radius 2 is 1.93 bits per heavy atom. The molecule has 0 atom stereocenters. The van der Waals surface area contributed by atoms with E-state index in [0.29, 0.717) is 41.7 Å². The zero-order valence-electron chi connectivity index (χ0n) is 15.6. The lowest BCUT2D eigenvalue weighted by Gasteiger charge is -2.05. The minimum atomic E-state index is -0.322. The number of halogens is 1. The average Bonchev–Trinajstić information content (AvgIpc) is 3.37. The van der Waals surface area contributed by atoms with E-state index in [2.05, 4.69) is 26.0 Å². The van der Waals surface area contributed by atoms with E-state index in [1.807, 2.05) is 6.92 Å². The Kier molecular flexibility index (Phi) is 5.77. The van der Waals surface area contributed by atoms with Gasteiger partial charge in [0.2, 0.25) is 6.79 Å². The van der Waals surface area contributed by atoms with Gasteiger partial charge >= 0.3 is 6.01 Å². The topological polar surface area (TPSA) is 84.7 Å². The zero-order valence-corrected chi connectivity index (χ0v) is 17.2. The van der Waals surface area contributed by atoms with Crippen LogP contribution in [0.25, 0.3) is 11.4 Å². The molecule has 150 valence electrons. The molecule has 9 heteroatoms. The first-order valence-electron chi connectivity index (χ1n) is 9.03. The molecular formula is C20H18BrN3O5. The van der Waals surface area contributed by atoms with Crippen molar-refractivity contribution in [3.8, 4) is 28.9 Å². The molecule has 0 fully saturated rings. The van der Waals surface area contributed by atoms with Gasteiger partial charge in [-0.2, -0.15) is 9.67 Å². The number of hydrogen-bond acceptors (Lipinski definition) is 7. The van der Waals surface area contributed by atoms with E-state index in [-0.39, 0.29) is 25.3 Å². The van der Waals surface area contributed by atoms with E-state index >= 15 is 0 Å². The molecule has 2 heterocycles. The van der Waals surface area contributed by atoms with Crippen LogP contribution >= 0.6 is 15.9 Å². The van der Waals surface area contributed by atoms with Crippen LogP contribution < -0.4 is 14.2 Å². The summed E-state index contributed by atoms with van der Waals surface area (Å²) in [5.74, 6) is 1.26. The van der Waals surface area contributed by atoms with Gasteiger partial charge in [-0.1, -0.05) is 15.9 Å². The van der Waals surface area contributed by atoms with Crippen LogP contribution in [-0.2, 0) is 4.74 Å². The maximum absolute atomic E-state index is 13.1. The zero-order chi connectivity index (χ0) is 20.2. The third-order valence-electron chi connectivity index (χ3n) is 4.16.